The molecule has 1 rings (SSSR count). The lowest BCUT2D eigenvalue weighted by Crippen LogP contribution is -2.04. The van der Waals surface area contributed by atoms with E-state index in [1.54, 1.807) is 7.05 Å². The van der Waals surface area contributed by atoms with Gasteiger partial charge in [-0.25, -0.2) is 8.57 Å². The van der Waals surface area contributed by atoms with E-state index in [0.717, 1.165) is 4.90 Å². The second-order valence-electron chi connectivity index (χ2n) is 3.97. The average molecular weight is 237 g/mol. The highest BCUT2D eigenvalue weighted by Crippen LogP contribution is 2.13. The summed E-state index contributed by atoms with van der Waals surface area (Å²) >= 11 is 0. The van der Waals surface area contributed by atoms with Gasteiger partial charge in [-0.3, -0.25) is 0 Å². The van der Waals surface area contributed by atoms with Crippen LogP contribution in [0.2, 0.25) is 0 Å². The maximum Gasteiger partial charge on any atom is 0.0785 e. The molecule has 1 aromatic carbocycles. The standard InChI is InChI=1S/C13H19NOS/c1-12(2)8-7-11-16(15,14-3)13-9-5-4-6-10-13/h4-10,12H,11H2,1-3H3/b8-7-/t16-/m0/s1. The van der Waals surface area contributed by atoms with Gasteiger partial charge in [0.15, 0.2) is 0 Å². The van der Waals surface area contributed by atoms with Crippen molar-refractivity contribution in [1.82, 2.24) is 0 Å². The maximum atomic E-state index is 12.5. The zero-order valence-electron chi connectivity index (χ0n) is 10.1. The van der Waals surface area contributed by atoms with Gasteiger partial charge in [-0.1, -0.05) is 44.2 Å². The summed E-state index contributed by atoms with van der Waals surface area (Å²) in [6.45, 7) is 4.20. The van der Waals surface area contributed by atoms with Crippen molar-refractivity contribution in [1.29, 1.82) is 0 Å². The Balaban J connectivity index is 2.93. The lowest BCUT2D eigenvalue weighted by molar-refractivity contribution is 0.678. The highest BCUT2D eigenvalue weighted by Gasteiger charge is 2.08. The van der Waals surface area contributed by atoms with E-state index in [-0.39, 0.29) is 0 Å². The normalized spacial score (nSPS) is 15.2. The Morgan fingerprint density at radius 1 is 1.31 bits per heavy atom. The second-order valence-corrected chi connectivity index (χ2v) is 6.43. The largest absolute Gasteiger partial charge is 0.244 e. The molecule has 0 saturated carbocycles. The molecule has 0 saturated heterocycles. The van der Waals surface area contributed by atoms with Crippen LogP contribution in [0.15, 0.2) is 51.7 Å². The molecule has 0 aliphatic carbocycles. The molecular formula is C13H19NOS. The van der Waals surface area contributed by atoms with Crippen molar-refractivity contribution >= 4 is 9.73 Å². The van der Waals surface area contributed by atoms with Gasteiger partial charge in [-0.15, -0.1) is 0 Å². The van der Waals surface area contributed by atoms with Crippen LogP contribution in [0.1, 0.15) is 13.8 Å². The minimum atomic E-state index is -2.26. The van der Waals surface area contributed by atoms with Crippen LogP contribution in [0.4, 0.5) is 0 Å². The van der Waals surface area contributed by atoms with Crippen LogP contribution in [-0.2, 0) is 9.73 Å². The summed E-state index contributed by atoms with van der Waals surface area (Å²) in [5, 5.41) is 0. The van der Waals surface area contributed by atoms with Crippen molar-refractivity contribution in [2.75, 3.05) is 12.8 Å². The number of allylic oxidation sites excluding steroid dienone is 1. The Labute approximate surface area is 98.6 Å². The van der Waals surface area contributed by atoms with Crippen molar-refractivity contribution in [2.24, 2.45) is 10.3 Å². The summed E-state index contributed by atoms with van der Waals surface area (Å²) in [6.07, 6.45) is 4.03. The molecule has 0 spiro atoms. The third-order valence-electron chi connectivity index (χ3n) is 2.25. The van der Waals surface area contributed by atoms with E-state index >= 15 is 0 Å². The third-order valence-corrected chi connectivity index (χ3v) is 4.49. The monoisotopic (exact) mass is 237 g/mol. The van der Waals surface area contributed by atoms with Gasteiger partial charge in [-0.05, 0) is 18.1 Å². The van der Waals surface area contributed by atoms with Crippen LogP contribution in [0.5, 0.6) is 0 Å². The summed E-state index contributed by atoms with van der Waals surface area (Å²) in [5.41, 5.74) is 0. The molecule has 1 aromatic rings. The minimum absolute atomic E-state index is 0.483. The fourth-order valence-electron chi connectivity index (χ4n) is 1.37. The first-order chi connectivity index (χ1) is 7.58. The first kappa shape index (κ1) is 13.0. The zero-order valence-corrected chi connectivity index (χ0v) is 10.9. The van der Waals surface area contributed by atoms with E-state index in [4.69, 9.17) is 0 Å². The number of hydrogen-bond donors (Lipinski definition) is 0. The van der Waals surface area contributed by atoms with Crippen molar-refractivity contribution in [3.8, 4) is 0 Å². The number of hydrogen-bond acceptors (Lipinski definition) is 2. The SMILES string of the molecule is CN=[S@](=O)(C/C=C\C(C)C)c1ccccc1. The van der Waals surface area contributed by atoms with Gasteiger partial charge in [0.05, 0.1) is 15.5 Å². The van der Waals surface area contributed by atoms with Gasteiger partial charge < -0.3 is 0 Å². The lowest BCUT2D eigenvalue weighted by atomic mass is 10.2. The first-order valence-corrected chi connectivity index (χ1v) is 7.11. The molecule has 0 fully saturated rings. The molecule has 3 heteroatoms. The van der Waals surface area contributed by atoms with Crippen molar-refractivity contribution in [2.45, 2.75) is 18.7 Å². The van der Waals surface area contributed by atoms with Gasteiger partial charge in [0.25, 0.3) is 0 Å². The molecule has 0 aliphatic rings. The number of rotatable bonds is 4. The van der Waals surface area contributed by atoms with E-state index < -0.39 is 9.73 Å². The van der Waals surface area contributed by atoms with Crippen molar-refractivity contribution in [3.63, 3.8) is 0 Å². The molecule has 88 valence electrons. The average Bonchev–Trinajstić information content (AvgIpc) is 2.29. The van der Waals surface area contributed by atoms with Gasteiger partial charge in [-0.2, -0.15) is 0 Å². The Hall–Kier alpha value is -1.09. The molecule has 0 heterocycles. The molecule has 0 radical (unpaired) electrons. The quantitative estimate of drug-likeness (QED) is 0.738. The summed E-state index contributed by atoms with van der Waals surface area (Å²) in [4.78, 5) is 0.811. The lowest BCUT2D eigenvalue weighted by Gasteiger charge is -2.06. The van der Waals surface area contributed by atoms with Crippen LogP contribution in [0.3, 0.4) is 0 Å². The maximum absolute atomic E-state index is 12.5. The van der Waals surface area contributed by atoms with Gasteiger partial charge in [0.1, 0.15) is 0 Å². The highest BCUT2D eigenvalue weighted by atomic mass is 32.2. The fraction of sp³-hybridized carbons (Fsp3) is 0.385. The van der Waals surface area contributed by atoms with E-state index in [1.807, 2.05) is 36.4 Å². The Morgan fingerprint density at radius 2 is 1.94 bits per heavy atom. The smallest absolute Gasteiger partial charge is 0.0785 e. The van der Waals surface area contributed by atoms with Crippen LogP contribution in [0, 0.1) is 5.92 Å². The predicted octanol–water partition coefficient (Wildman–Crippen LogP) is 3.36. The van der Waals surface area contributed by atoms with Gasteiger partial charge >= 0.3 is 0 Å². The topological polar surface area (TPSA) is 29.4 Å². The first-order valence-electron chi connectivity index (χ1n) is 5.43. The van der Waals surface area contributed by atoms with E-state index in [9.17, 15) is 4.21 Å². The number of benzene rings is 1. The van der Waals surface area contributed by atoms with Crippen LogP contribution < -0.4 is 0 Å². The molecule has 2 nitrogen and oxygen atoms in total. The van der Waals surface area contributed by atoms with Crippen molar-refractivity contribution < 1.29 is 4.21 Å². The molecule has 0 N–H and O–H groups in total. The zero-order chi connectivity index (χ0) is 12.0. The summed E-state index contributed by atoms with van der Waals surface area (Å²) in [5.74, 6) is 0.974. The van der Waals surface area contributed by atoms with E-state index in [2.05, 4.69) is 24.3 Å². The van der Waals surface area contributed by atoms with Crippen LogP contribution >= 0.6 is 0 Å². The summed E-state index contributed by atoms with van der Waals surface area (Å²) < 4.78 is 16.6. The van der Waals surface area contributed by atoms with Crippen LogP contribution in [0.25, 0.3) is 0 Å². The van der Waals surface area contributed by atoms with Crippen molar-refractivity contribution in [3.05, 3.63) is 42.5 Å². The van der Waals surface area contributed by atoms with Gasteiger partial charge in [0, 0.05) is 11.9 Å². The van der Waals surface area contributed by atoms with E-state index in [0.29, 0.717) is 11.7 Å². The predicted molar refractivity (Wildman–Crippen MR) is 70.0 cm³/mol. The Kier molecular flexibility index (Phi) is 4.74. The van der Waals surface area contributed by atoms with Gasteiger partial charge in [0.2, 0.25) is 0 Å². The van der Waals surface area contributed by atoms with E-state index in [1.165, 1.54) is 0 Å². The molecule has 0 unspecified atom stereocenters. The molecule has 0 amide bonds. The van der Waals surface area contributed by atoms with Crippen LogP contribution in [-0.4, -0.2) is 17.0 Å². The molecule has 0 aliphatic heterocycles. The fourth-order valence-corrected chi connectivity index (χ4v) is 2.87. The Morgan fingerprint density at radius 3 is 2.44 bits per heavy atom. The molecular weight excluding hydrogens is 218 g/mol. The molecule has 16 heavy (non-hydrogen) atoms. The second kappa shape index (κ2) is 5.85. The highest BCUT2D eigenvalue weighted by molar-refractivity contribution is 7.93. The third kappa shape index (κ3) is 3.49. The minimum Gasteiger partial charge on any atom is -0.244 e. The summed E-state index contributed by atoms with van der Waals surface area (Å²) in [7, 11) is -0.640. The number of nitrogens with zero attached hydrogens (tertiary/aromatic N) is 1. The molecule has 0 bridgehead atoms. The molecule has 0 aromatic heterocycles. The Bertz CT molecular complexity index is 454. The summed E-state index contributed by atoms with van der Waals surface area (Å²) in [6, 6.07) is 9.46. The molecule has 1 atom stereocenters.